The van der Waals surface area contributed by atoms with Crippen LogP contribution in [0.1, 0.15) is 28.5 Å². The van der Waals surface area contributed by atoms with Crippen LogP contribution in [0.5, 0.6) is 0 Å². The number of hydrogen-bond acceptors (Lipinski definition) is 3. The average Bonchev–Trinajstić information content (AvgIpc) is 3.16. The van der Waals surface area contributed by atoms with E-state index in [0.29, 0.717) is 18.0 Å². The average molecular weight is 423 g/mol. The Morgan fingerprint density at radius 2 is 1.89 bits per heavy atom. The molecular weight excluding hydrogens is 404 g/mol. The smallest absolute Gasteiger partial charge is 0.268 e. The standard InChI is InChI=1S/C21H19BrN4O/c1-16(7-8-17-5-3-2-4-6-17)23-24-21(27)20-13-14-26(25-20)15-18-9-11-19(22)12-10-18/h2-14H,15H2,1H3,(H,24,27)/b8-7+,23-16+. The molecule has 5 nitrogen and oxygen atoms in total. The Kier molecular flexibility index (Phi) is 6.33. The summed E-state index contributed by atoms with van der Waals surface area (Å²) in [6.45, 7) is 2.43. The van der Waals surface area contributed by atoms with E-state index in [1.165, 1.54) is 0 Å². The van der Waals surface area contributed by atoms with Gasteiger partial charge >= 0.3 is 0 Å². The van der Waals surface area contributed by atoms with Crippen molar-refractivity contribution in [3.63, 3.8) is 0 Å². The predicted molar refractivity (Wildman–Crippen MR) is 112 cm³/mol. The Morgan fingerprint density at radius 3 is 2.63 bits per heavy atom. The van der Waals surface area contributed by atoms with Crippen LogP contribution in [-0.4, -0.2) is 21.4 Å². The third-order valence-electron chi connectivity index (χ3n) is 3.78. The molecule has 27 heavy (non-hydrogen) atoms. The van der Waals surface area contributed by atoms with Crippen LogP contribution in [0.3, 0.4) is 0 Å². The fraction of sp³-hybridized carbons (Fsp3) is 0.0952. The van der Waals surface area contributed by atoms with E-state index in [0.717, 1.165) is 15.6 Å². The number of hydrazone groups is 1. The zero-order valence-corrected chi connectivity index (χ0v) is 16.4. The topological polar surface area (TPSA) is 59.3 Å². The summed E-state index contributed by atoms with van der Waals surface area (Å²) in [4.78, 5) is 12.2. The minimum atomic E-state index is -0.336. The maximum Gasteiger partial charge on any atom is 0.291 e. The highest BCUT2D eigenvalue weighted by Crippen LogP contribution is 2.11. The lowest BCUT2D eigenvalue weighted by Crippen LogP contribution is -2.19. The number of nitrogens with zero attached hydrogens (tertiary/aromatic N) is 3. The van der Waals surface area contributed by atoms with Gasteiger partial charge in [0.2, 0.25) is 0 Å². The van der Waals surface area contributed by atoms with Crippen molar-refractivity contribution in [3.8, 4) is 0 Å². The van der Waals surface area contributed by atoms with E-state index in [1.807, 2.05) is 73.7 Å². The fourth-order valence-corrected chi connectivity index (χ4v) is 2.63. The normalized spacial score (nSPS) is 11.7. The van der Waals surface area contributed by atoms with Crippen molar-refractivity contribution < 1.29 is 4.79 Å². The van der Waals surface area contributed by atoms with Crippen LogP contribution in [0.4, 0.5) is 0 Å². The molecule has 136 valence electrons. The summed E-state index contributed by atoms with van der Waals surface area (Å²) in [5, 5.41) is 8.40. The van der Waals surface area contributed by atoms with Crippen molar-refractivity contribution in [2.24, 2.45) is 5.10 Å². The lowest BCUT2D eigenvalue weighted by atomic mass is 10.2. The van der Waals surface area contributed by atoms with Gasteiger partial charge in [-0.15, -0.1) is 0 Å². The molecule has 1 aromatic heterocycles. The van der Waals surface area contributed by atoms with Crippen molar-refractivity contribution in [1.29, 1.82) is 0 Å². The summed E-state index contributed by atoms with van der Waals surface area (Å²) in [5.41, 5.74) is 5.74. The molecule has 0 spiro atoms. The highest BCUT2D eigenvalue weighted by atomic mass is 79.9. The Hall–Kier alpha value is -2.99. The molecule has 0 radical (unpaired) electrons. The summed E-state index contributed by atoms with van der Waals surface area (Å²) >= 11 is 3.41. The molecule has 0 saturated heterocycles. The first-order valence-electron chi connectivity index (χ1n) is 8.46. The van der Waals surface area contributed by atoms with Crippen LogP contribution in [0, 0.1) is 0 Å². The quantitative estimate of drug-likeness (QED) is 0.469. The van der Waals surface area contributed by atoms with Crippen molar-refractivity contribution in [2.75, 3.05) is 0 Å². The van der Waals surface area contributed by atoms with Gasteiger partial charge in [0.1, 0.15) is 0 Å². The van der Waals surface area contributed by atoms with E-state index >= 15 is 0 Å². The summed E-state index contributed by atoms with van der Waals surface area (Å²) < 4.78 is 2.76. The highest BCUT2D eigenvalue weighted by Gasteiger charge is 2.08. The van der Waals surface area contributed by atoms with E-state index in [-0.39, 0.29) is 5.91 Å². The fourth-order valence-electron chi connectivity index (χ4n) is 2.36. The number of halogens is 1. The first-order chi connectivity index (χ1) is 13.1. The molecule has 6 heteroatoms. The molecule has 0 unspecified atom stereocenters. The Balaban J connectivity index is 1.57. The SMILES string of the molecule is CC(/C=C/c1ccccc1)=N\NC(=O)c1ccn(Cc2ccc(Br)cc2)n1. The molecular formula is C21H19BrN4O. The molecule has 0 saturated carbocycles. The Labute approximate surface area is 166 Å². The molecule has 1 N–H and O–H groups in total. The molecule has 0 atom stereocenters. The lowest BCUT2D eigenvalue weighted by molar-refractivity contribution is 0.0949. The van der Waals surface area contributed by atoms with E-state index < -0.39 is 0 Å². The first-order valence-corrected chi connectivity index (χ1v) is 9.25. The molecule has 1 heterocycles. The van der Waals surface area contributed by atoms with E-state index in [9.17, 15) is 4.79 Å². The van der Waals surface area contributed by atoms with Crippen LogP contribution in [0.2, 0.25) is 0 Å². The van der Waals surface area contributed by atoms with Crippen LogP contribution in [-0.2, 0) is 6.54 Å². The van der Waals surface area contributed by atoms with Gasteiger partial charge in [-0.05, 0) is 42.3 Å². The van der Waals surface area contributed by atoms with Gasteiger partial charge in [0.05, 0.1) is 12.3 Å². The predicted octanol–water partition coefficient (Wildman–Crippen LogP) is 4.51. The highest BCUT2D eigenvalue weighted by molar-refractivity contribution is 9.10. The lowest BCUT2D eigenvalue weighted by Gasteiger charge is -2.02. The molecule has 2 aromatic carbocycles. The number of allylic oxidation sites excluding steroid dienone is 1. The minimum absolute atomic E-state index is 0.329. The molecule has 0 bridgehead atoms. The molecule has 3 aromatic rings. The van der Waals surface area contributed by atoms with Gasteiger partial charge in [0.15, 0.2) is 5.69 Å². The van der Waals surface area contributed by atoms with Gasteiger partial charge in [0, 0.05) is 10.7 Å². The van der Waals surface area contributed by atoms with Crippen LogP contribution in [0.25, 0.3) is 6.08 Å². The summed E-state index contributed by atoms with van der Waals surface area (Å²) in [7, 11) is 0. The van der Waals surface area contributed by atoms with Gasteiger partial charge in [-0.1, -0.05) is 64.5 Å². The zero-order chi connectivity index (χ0) is 19.1. The second-order valence-electron chi connectivity index (χ2n) is 5.96. The van der Waals surface area contributed by atoms with Gasteiger partial charge in [-0.25, -0.2) is 5.43 Å². The van der Waals surface area contributed by atoms with Crippen LogP contribution in [0.15, 0.2) is 82.5 Å². The first kappa shape index (κ1) is 18.8. The number of amides is 1. The Bertz CT molecular complexity index is 959. The van der Waals surface area contributed by atoms with Gasteiger partial charge in [-0.3, -0.25) is 9.48 Å². The molecule has 0 aliphatic heterocycles. The van der Waals surface area contributed by atoms with Gasteiger partial charge < -0.3 is 0 Å². The summed E-state index contributed by atoms with van der Waals surface area (Å²) in [6, 6.07) is 19.6. The maximum atomic E-state index is 12.2. The van der Waals surface area contributed by atoms with Crippen molar-refractivity contribution in [2.45, 2.75) is 13.5 Å². The number of rotatable bonds is 6. The van der Waals surface area contributed by atoms with Crippen LogP contribution < -0.4 is 5.43 Å². The van der Waals surface area contributed by atoms with Crippen molar-refractivity contribution in [3.05, 3.63) is 94.2 Å². The monoisotopic (exact) mass is 422 g/mol. The number of carbonyl (C=O) groups excluding carboxylic acids is 1. The second-order valence-corrected chi connectivity index (χ2v) is 6.88. The van der Waals surface area contributed by atoms with Crippen molar-refractivity contribution in [1.82, 2.24) is 15.2 Å². The molecule has 3 rings (SSSR count). The van der Waals surface area contributed by atoms with Crippen LogP contribution >= 0.6 is 15.9 Å². The van der Waals surface area contributed by atoms with E-state index in [1.54, 1.807) is 16.9 Å². The molecule has 1 amide bonds. The maximum absolute atomic E-state index is 12.2. The third kappa shape index (κ3) is 5.76. The number of carbonyl (C=O) groups is 1. The second kappa shape index (κ2) is 9.09. The van der Waals surface area contributed by atoms with E-state index in [4.69, 9.17) is 0 Å². The molecule has 0 fully saturated rings. The zero-order valence-electron chi connectivity index (χ0n) is 14.8. The summed E-state index contributed by atoms with van der Waals surface area (Å²) in [6.07, 6.45) is 5.57. The third-order valence-corrected chi connectivity index (χ3v) is 4.31. The minimum Gasteiger partial charge on any atom is -0.268 e. The largest absolute Gasteiger partial charge is 0.291 e. The van der Waals surface area contributed by atoms with E-state index in [2.05, 4.69) is 31.6 Å². The van der Waals surface area contributed by atoms with Gasteiger partial charge in [-0.2, -0.15) is 10.2 Å². The number of hydrogen-bond donors (Lipinski definition) is 1. The summed E-state index contributed by atoms with van der Waals surface area (Å²) in [5.74, 6) is -0.336. The molecule has 0 aliphatic rings. The van der Waals surface area contributed by atoms with Crippen molar-refractivity contribution >= 4 is 33.6 Å². The Morgan fingerprint density at radius 1 is 1.15 bits per heavy atom. The number of nitrogens with one attached hydrogen (secondary N) is 1. The molecule has 0 aliphatic carbocycles. The van der Waals surface area contributed by atoms with Gasteiger partial charge in [0.25, 0.3) is 5.91 Å². The number of benzene rings is 2. The number of aromatic nitrogens is 2.